The van der Waals surface area contributed by atoms with Gasteiger partial charge in [0.1, 0.15) is 11.8 Å². The molecule has 1 amide bonds. The van der Waals surface area contributed by atoms with Crippen molar-refractivity contribution in [2.24, 2.45) is 0 Å². The SMILES string of the molecule is CN(Cc1cc(-c2ccccn2)no1)C(=O)[C@H]1CCCO1. The van der Waals surface area contributed by atoms with Crippen LogP contribution in [0.25, 0.3) is 11.4 Å². The second-order valence-electron chi connectivity index (χ2n) is 5.09. The lowest BCUT2D eigenvalue weighted by Crippen LogP contribution is -2.35. The van der Waals surface area contributed by atoms with Crippen LogP contribution in [0.4, 0.5) is 0 Å². The molecule has 1 fully saturated rings. The Bertz CT molecular complexity index is 606. The largest absolute Gasteiger partial charge is 0.368 e. The van der Waals surface area contributed by atoms with E-state index in [0.717, 1.165) is 18.5 Å². The lowest BCUT2D eigenvalue weighted by molar-refractivity contribution is -0.140. The minimum atomic E-state index is -0.312. The number of ether oxygens (including phenoxy) is 1. The van der Waals surface area contributed by atoms with Gasteiger partial charge in [-0.05, 0) is 25.0 Å². The van der Waals surface area contributed by atoms with E-state index in [1.165, 1.54) is 0 Å². The van der Waals surface area contributed by atoms with Crippen molar-refractivity contribution >= 4 is 5.91 Å². The highest BCUT2D eigenvalue weighted by molar-refractivity contribution is 5.80. The van der Waals surface area contributed by atoms with E-state index < -0.39 is 0 Å². The van der Waals surface area contributed by atoms with Gasteiger partial charge in [0.05, 0.1) is 12.2 Å². The molecule has 3 rings (SSSR count). The number of amides is 1. The van der Waals surface area contributed by atoms with Crippen molar-refractivity contribution in [3.63, 3.8) is 0 Å². The normalized spacial score (nSPS) is 17.9. The van der Waals surface area contributed by atoms with Crippen molar-refractivity contribution < 1.29 is 14.1 Å². The zero-order valence-corrected chi connectivity index (χ0v) is 11.9. The molecule has 0 radical (unpaired) electrons. The Morgan fingerprint density at radius 3 is 3.05 bits per heavy atom. The Morgan fingerprint density at radius 2 is 2.33 bits per heavy atom. The van der Waals surface area contributed by atoms with Crippen LogP contribution in [0.1, 0.15) is 18.6 Å². The summed E-state index contributed by atoms with van der Waals surface area (Å²) in [7, 11) is 1.74. The molecule has 0 aromatic carbocycles. The number of rotatable bonds is 4. The third kappa shape index (κ3) is 3.11. The number of pyridine rings is 1. The van der Waals surface area contributed by atoms with E-state index in [0.29, 0.717) is 24.6 Å². The summed E-state index contributed by atoms with van der Waals surface area (Å²) >= 11 is 0. The quantitative estimate of drug-likeness (QED) is 0.858. The van der Waals surface area contributed by atoms with Gasteiger partial charge in [-0.3, -0.25) is 9.78 Å². The van der Waals surface area contributed by atoms with E-state index in [4.69, 9.17) is 9.26 Å². The van der Waals surface area contributed by atoms with Crippen LogP contribution in [0, 0.1) is 0 Å². The highest BCUT2D eigenvalue weighted by atomic mass is 16.5. The molecule has 2 aromatic rings. The van der Waals surface area contributed by atoms with Crippen LogP contribution in [-0.4, -0.2) is 40.7 Å². The van der Waals surface area contributed by atoms with Crippen LogP contribution in [0.2, 0.25) is 0 Å². The summed E-state index contributed by atoms with van der Waals surface area (Å²) in [6, 6.07) is 7.41. The average Bonchev–Trinajstić information content (AvgIpc) is 3.19. The molecule has 0 unspecified atom stereocenters. The number of carbonyl (C=O) groups excluding carboxylic acids is 1. The number of hydrogen-bond donors (Lipinski definition) is 0. The van der Waals surface area contributed by atoms with Crippen molar-refractivity contribution in [1.29, 1.82) is 0 Å². The highest BCUT2D eigenvalue weighted by Gasteiger charge is 2.27. The Morgan fingerprint density at radius 1 is 1.43 bits per heavy atom. The number of nitrogens with zero attached hydrogens (tertiary/aromatic N) is 3. The van der Waals surface area contributed by atoms with E-state index in [-0.39, 0.29) is 12.0 Å². The van der Waals surface area contributed by atoms with Gasteiger partial charge in [0.15, 0.2) is 5.76 Å². The molecule has 1 atom stereocenters. The molecule has 1 aliphatic rings. The first-order chi connectivity index (χ1) is 10.2. The van der Waals surface area contributed by atoms with E-state index in [1.807, 2.05) is 24.3 Å². The molecule has 2 aromatic heterocycles. The van der Waals surface area contributed by atoms with E-state index in [1.54, 1.807) is 18.1 Å². The molecule has 0 saturated carbocycles. The third-order valence-corrected chi connectivity index (χ3v) is 3.46. The van der Waals surface area contributed by atoms with Gasteiger partial charge in [-0.2, -0.15) is 0 Å². The molecule has 0 aliphatic carbocycles. The minimum absolute atomic E-state index is 0.0108. The van der Waals surface area contributed by atoms with E-state index in [2.05, 4.69) is 10.1 Å². The monoisotopic (exact) mass is 287 g/mol. The van der Waals surface area contributed by atoms with Crippen molar-refractivity contribution in [3.05, 3.63) is 36.2 Å². The van der Waals surface area contributed by atoms with Gasteiger partial charge in [0.25, 0.3) is 5.91 Å². The number of hydrogen-bond acceptors (Lipinski definition) is 5. The second kappa shape index (κ2) is 6.05. The van der Waals surface area contributed by atoms with Gasteiger partial charge in [-0.25, -0.2) is 0 Å². The van der Waals surface area contributed by atoms with Crippen molar-refractivity contribution in [2.75, 3.05) is 13.7 Å². The second-order valence-corrected chi connectivity index (χ2v) is 5.09. The minimum Gasteiger partial charge on any atom is -0.368 e. The van der Waals surface area contributed by atoms with Gasteiger partial charge in [0.2, 0.25) is 0 Å². The standard InChI is InChI=1S/C15H17N3O3/c1-18(15(19)14-6-4-8-20-14)10-11-9-13(17-21-11)12-5-2-3-7-16-12/h2-3,5,7,9,14H,4,6,8,10H2,1H3/t14-/m1/s1. The van der Waals surface area contributed by atoms with Crippen molar-refractivity contribution in [2.45, 2.75) is 25.5 Å². The molecule has 110 valence electrons. The van der Waals surface area contributed by atoms with Crippen LogP contribution in [0.15, 0.2) is 35.0 Å². The molecule has 1 aliphatic heterocycles. The summed E-state index contributed by atoms with van der Waals surface area (Å²) < 4.78 is 10.7. The van der Waals surface area contributed by atoms with Crippen LogP contribution in [-0.2, 0) is 16.1 Å². The average molecular weight is 287 g/mol. The topological polar surface area (TPSA) is 68.5 Å². The fourth-order valence-electron chi connectivity index (χ4n) is 2.35. The van der Waals surface area contributed by atoms with Crippen molar-refractivity contribution in [1.82, 2.24) is 15.0 Å². The molecule has 6 heteroatoms. The zero-order chi connectivity index (χ0) is 14.7. The predicted octanol–water partition coefficient (Wildman–Crippen LogP) is 1.87. The van der Waals surface area contributed by atoms with Gasteiger partial charge < -0.3 is 14.2 Å². The Hall–Kier alpha value is -2.21. The van der Waals surface area contributed by atoms with Crippen LogP contribution >= 0.6 is 0 Å². The predicted molar refractivity (Wildman–Crippen MR) is 75.2 cm³/mol. The Labute approximate surface area is 122 Å². The molecule has 0 bridgehead atoms. The summed E-state index contributed by atoms with van der Waals surface area (Å²) in [6.07, 6.45) is 3.12. The molecule has 21 heavy (non-hydrogen) atoms. The summed E-state index contributed by atoms with van der Waals surface area (Å²) in [5, 5.41) is 3.99. The summed E-state index contributed by atoms with van der Waals surface area (Å²) in [5.41, 5.74) is 1.42. The van der Waals surface area contributed by atoms with Crippen molar-refractivity contribution in [3.8, 4) is 11.4 Å². The lowest BCUT2D eigenvalue weighted by Gasteiger charge is -2.18. The Balaban J connectivity index is 1.65. The molecular weight excluding hydrogens is 270 g/mol. The summed E-state index contributed by atoms with van der Waals surface area (Å²) in [4.78, 5) is 18.0. The molecule has 3 heterocycles. The molecular formula is C15H17N3O3. The molecule has 0 N–H and O–H groups in total. The van der Waals surface area contributed by atoms with Gasteiger partial charge >= 0.3 is 0 Å². The first kappa shape index (κ1) is 13.8. The van der Waals surface area contributed by atoms with Gasteiger partial charge in [-0.15, -0.1) is 0 Å². The van der Waals surface area contributed by atoms with E-state index in [9.17, 15) is 4.79 Å². The summed E-state index contributed by atoms with van der Waals surface area (Å²) in [6.45, 7) is 1.04. The maximum Gasteiger partial charge on any atom is 0.251 e. The first-order valence-electron chi connectivity index (χ1n) is 6.97. The Kier molecular flexibility index (Phi) is 3.96. The molecule has 0 spiro atoms. The summed E-state index contributed by atoms with van der Waals surface area (Å²) in [5.74, 6) is 0.618. The number of aromatic nitrogens is 2. The van der Waals surface area contributed by atoms with Gasteiger partial charge in [0, 0.05) is 25.9 Å². The fraction of sp³-hybridized carbons (Fsp3) is 0.400. The fourth-order valence-corrected chi connectivity index (χ4v) is 2.35. The van der Waals surface area contributed by atoms with Gasteiger partial charge in [-0.1, -0.05) is 11.2 Å². The van der Waals surface area contributed by atoms with E-state index >= 15 is 0 Å². The highest BCUT2D eigenvalue weighted by Crippen LogP contribution is 2.19. The van der Waals surface area contributed by atoms with Crippen LogP contribution in [0.5, 0.6) is 0 Å². The molecule has 1 saturated heterocycles. The zero-order valence-electron chi connectivity index (χ0n) is 11.9. The lowest BCUT2D eigenvalue weighted by atomic mass is 10.2. The molecule has 6 nitrogen and oxygen atoms in total. The third-order valence-electron chi connectivity index (χ3n) is 3.46. The maximum atomic E-state index is 12.2. The number of carbonyl (C=O) groups is 1. The smallest absolute Gasteiger partial charge is 0.251 e. The first-order valence-corrected chi connectivity index (χ1v) is 6.97. The maximum absolute atomic E-state index is 12.2. The van der Waals surface area contributed by atoms with Crippen LogP contribution in [0.3, 0.4) is 0 Å². The number of likely N-dealkylation sites (N-methyl/N-ethyl adjacent to an activating group) is 1. The van der Waals surface area contributed by atoms with Crippen LogP contribution < -0.4 is 0 Å².